The van der Waals surface area contributed by atoms with Crippen molar-refractivity contribution in [3.8, 4) is 0 Å². The van der Waals surface area contributed by atoms with Gasteiger partial charge in [-0.1, -0.05) is 18.2 Å². The Hall–Kier alpha value is -3.78. The normalized spacial score (nSPS) is 11.0. The molecule has 5 rings (SSSR count). The number of nitrogens with one attached hydrogen (secondary N) is 3. The molecule has 29 heavy (non-hydrogen) atoms. The molecule has 0 saturated carbocycles. The summed E-state index contributed by atoms with van der Waals surface area (Å²) in [5.74, 6) is 0.468. The molecule has 0 radical (unpaired) electrons. The lowest BCUT2D eigenvalue weighted by Crippen LogP contribution is -2.23. The van der Waals surface area contributed by atoms with Crippen LogP contribution in [0.5, 0.6) is 0 Å². The van der Waals surface area contributed by atoms with Gasteiger partial charge in [0, 0.05) is 22.7 Å². The molecule has 3 heterocycles. The second-order valence-electron chi connectivity index (χ2n) is 6.46. The monoisotopic (exact) mass is 400 g/mol. The van der Waals surface area contributed by atoms with Crippen molar-refractivity contribution in [2.75, 3.05) is 5.32 Å². The smallest absolute Gasteiger partial charge is 0.271 e. The number of hydrogen-bond donors (Lipinski definition) is 3. The van der Waals surface area contributed by atoms with Crippen molar-refractivity contribution < 1.29 is 4.79 Å². The highest BCUT2D eigenvalue weighted by atomic mass is 32.1. The zero-order valence-electron chi connectivity index (χ0n) is 15.2. The summed E-state index contributed by atoms with van der Waals surface area (Å²) in [4.78, 5) is 28.8. The Kier molecular flexibility index (Phi) is 4.38. The van der Waals surface area contributed by atoms with Crippen LogP contribution in [0.1, 0.15) is 16.3 Å². The number of thiazole rings is 1. The zero-order chi connectivity index (χ0) is 19.6. The molecule has 0 spiro atoms. The molecule has 3 aromatic heterocycles. The quantitative estimate of drug-likeness (QED) is 0.410. The Morgan fingerprint density at radius 2 is 1.97 bits per heavy atom. The minimum atomic E-state index is -0.238. The van der Waals surface area contributed by atoms with Gasteiger partial charge < -0.3 is 15.6 Å². The van der Waals surface area contributed by atoms with Crippen molar-refractivity contribution >= 4 is 50.0 Å². The molecular weight excluding hydrogens is 384 g/mol. The topological polar surface area (TPSA) is 95.6 Å². The number of carbonyl (C=O) groups is 1. The molecule has 0 atom stereocenters. The third kappa shape index (κ3) is 3.65. The van der Waals surface area contributed by atoms with Crippen molar-refractivity contribution in [3.05, 3.63) is 77.7 Å². The summed E-state index contributed by atoms with van der Waals surface area (Å²) in [7, 11) is 0. The minimum absolute atomic E-state index is 0.238. The highest BCUT2D eigenvalue weighted by Gasteiger charge is 2.12. The third-order valence-corrected chi connectivity index (χ3v) is 5.20. The van der Waals surface area contributed by atoms with Gasteiger partial charge in [0.1, 0.15) is 11.5 Å². The number of carbonyl (C=O) groups excluding carboxylic acids is 1. The Morgan fingerprint density at radius 1 is 1.03 bits per heavy atom. The van der Waals surface area contributed by atoms with Crippen LogP contribution in [0, 0.1) is 0 Å². The van der Waals surface area contributed by atoms with Crippen LogP contribution < -0.4 is 10.6 Å². The Balaban J connectivity index is 1.25. The molecule has 0 unspecified atom stereocenters. The van der Waals surface area contributed by atoms with E-state index >= 15 is 0 Å². The maximum absolute atomic E-state index is 12.4. The Bertz CT molecular complexity index is 1290. The first-order chi connectivity index (χ1) is 14.2. The van der Waals surface area contributed by atoms with Crippen molar-refractivity contribution in [3.63, 3.8) is 0 Å². The van der Waals surface area contributed by atoms with E-state index in [2.05, 4.69) is 30.6 Å². The van der Waals surface area contributed by atoms with Gasteiger partial charge in [0.2, 0.25) is 0 Å². The van der Waals surface area contributed by atoms with Gasteiger partial charge in [0.25, 0.3) is 5.91 Å². The van der Waals surface area contributed by atoms with Crippen LogP contribution in [0.4, 0.5) is 10.8 Å². The lowest BCUT2D eigenvalue weighted by molar-refractivity contribution is 0.0946. The van der Waals surface area contributed by atoms with Gasteiger partial charge in [-0.25, -0.2) is 9.97 Å². The van der Waals surface area contributed by atoms with Crippen LogP contribution in [0.25, 0.3) is 21.9 Å². The number of hydrogen-bond acceptors (Lipinski definition) is 6. The van der Waals surface area contributed by atoms with Gasteiger partial charge in [-0.2, -0.15) is 0 Å². The molecular formula is C21H16N6OS. The molecule has 0 saturated heterocycles. The molecule has 142 valence electrons. The first-order valence-corrected chi connectivity index (χ1v) is 9.92. The fraction of sp³-hybridized carbons (Fsp3) is 0.0476. The van der Waals surface area contributed by atoms with E-state index in [9.17, 15) is 4.79 Å². The average molecular weight is 400 g/mol. The van der Waals surface area contributed by atoms with Gasteiger partial charge in [-0.15, -0.1) is 11.3 Å². The van der Waals surface area contributed by atoms with E-state index in [1.165, 1.54) is 11.3 Å². The SMILES string of the molecule is O=C(NCc1nc2ccccc2[nH]1)c1csc(Nc2ccc3ncccc3c2)n1. The number of fused-ring (bicyclic) bond motifs is 2. The number of H-pyrrole nitrogens is 1. The summed E-state index contributed by atoms with van der Waals surface area (Å²) in [5.41, 5.74) is 4.03. The van der Waals surface area contributed by atoms with Crippen molar-refractivity contribution in [2.45, 2.75) is 6.54 Å². The number of para-hydroxylation sites is 2. The fourth-order valence-corrected chi connectivity index (χ4v) is 3.77. The van der Waals surface area contributed by atoms with E-state index in [1.807, 2.05) is 54.6 Å². The summed E-state index contributed by atoms with van der Waals surface area (Å²) in [5, 5.41) is 9.53. The molecule has 8 heteroatoms. The van der Waals surface area contributed by atoms with Crippen molar-refractivity contribution in [1.82, 2.24) is 25.3 Å². The molecule has 0 bridgehead atoms. The van der Waals surface area contributed by atoms with Gasteiger partial charge in [-0.3, -0.25) is 9.78 Å². The van der Waals surface area contributed by atoms with E-state index in [1.54, 1.807) is 11.6 Å². The second kappa shape index (κ2) is 7.33. The van der Waals surface area contributed by atoms with Crippen molar-refractivity contribution in [2.24, 2.45) is 0 Å². The lowest BCUT2D eigenvalue weighted by Gasteiger charge is -2.04. The van der Waals surface area contributed by atoms with Gasteiger partial charge in [-0.05, 0) is 36.4 Å². The summed E-state index contributed by atoms with van der Waals surface area (Å²) >= 11 is 1.38. The molecule has 0 aliphatic carbocycles. The summed E-state index contributed by atoms with van der Waals surface area (Å²) in [6.07, 6.45) is 1.77. The highest BCUT2D eigenvalue weighted by Crippen LogP contribution is 2.23. The molecule has 0 aliphatic heterocycles. The van der Waals surface area contributed by atoms with E-state index in [0.717, 1.165) is 27.6 Å². The second-order valence-corrected chi connectivity index (χ2v) is 7.32. The van der Waals surface area contributed by atoms with E-state index < -0.39 is 0 Å². The largest absolute Gasteiger partial charge is 0.343 e. The van der Waals surface area contributed by atoms with E-state index in [4.69, 9.17) is 0 Å². The highest BCUT2D eigenvalue weighted by molar-refractivity contribution is 7.14. The number of anilines is 2. The maximum Gasteiger partial charge on any atom is 0.271 e. The Labute approximate surface area is 169 Å². The van der Waals surface area contributed by atoms with Crippen LogP contribution in [0.15, 0.2) is 66.2 Å². The molecule has 2 aromatic carbocycles. The predicted octanol–water partition coefficient (Wildman–Crippen LogP) is 4.24. The fourth-order valence-electron chi connectivity index (χ4n) is 3.06. The summed E-state index contributed by atoms with van der Waals surface area (Å²) in [6.45, 7) is 0.311. The minimum Gasteiger partial charge on any atom is -0.343 e. The molecule has 3 N–H and O–H groups in total. The number of aromatic nitrogens is 4. The van der Waals surface area contributed by atoms with Crippen LogP contribution in [-0.4, -0.2) is 25.8 Å². The number of rotatable bonds is 5. The zero-order valence-corrected chi connectivity index (χ0v) is 16.0. The van der Waals surface area contributed by atoms with Crippen molar-refractivity contribution in [1.29, 1.82) is 0 Å². The lowest BCUT2D eigenvalue weighted by atomic mass is 10.2. The van der Waals surface area contributed by atoms with E-state index in [-0.39, 0.29) is 5.91 Å². The summed E-state index contributed by atoms with van der Waals surface area (Å²) < 4.78 is 0. The molecule has 7 nitrogen and oxygen atoms in total. The van der Waals surface area contributed by atoms with Crippen LogP contribution in [0.3, 0.4) is 0 Å². The Morgan fingerprint density at radius 3 is 2.90 bits per heavy atom. The third-order valence-electron chi connectivity index (χ3n) is 4.45. The van der Waals surface area contributed by atoms with Gasteiger partial charge in [0.05, 0.1) is 23.1 Å². The summed E-state index contributed by atoms with van der Waals surface area (Å²) in [6, 6.07) is 17.6. The van der Waals surface area contributed by atoms with Crippen LogP contribution in [0.2, 0.25) is 0 Å². The maximum atomic E-state index is 12.4. The number of aromatic amines is 1. The number of imidazole rings is 1. The average Bonchev–Trinajstić information content (AvgIpc) is 3.38. The molecule has 1 amide bonds. The predicted molar refractivity (Wildman–Crippen MR) is 114 cm³/mol. The number of amides is 1. The number of pyridine rings is 1. The molecule has 0 fully saturated rings. The first-order valence-electron chi connectivity index (χ1n) is 9.04. The van der Waals surface area contributed by atoms with Gasteiger partial charge in [0.15, 0.2) is 5.13 Å². The van der Waals surface area contributed by atoms with Crippen LogP contribution in [-0.2, 0) is 6.54 Å². The standard InChI is InChI=1S/C21H16N6OS/c28-20(23-11-19-25-16-5-1-2-6-17(16)26-19)18-12-29-21(27-18)24-14-7-8-15-13(10-14)4-3-9-22-15/h1-10,12H,11H2,(H,23,28)(H,24,27)(H,25,26). The molecule has 5 aromatic rings. The molecule has 0 aliphatic rings. The first kappa shape index (κ1) is 17.3. The number of nitrogens with zero attached hydrogens (tertiary/aromatic N) is 3. The van der Waals surface area contributed by atoms with Gasteiger partial charge >= 0.3 is 0 Å². The van der Waals surface area contributed by atoms with Crippen LogP contribution >= 0.6 is 11.3 Å². The number of benzene rings is 2. The van der Waals surface area contributed by atoms with E-state index in [0.29, 0.717) is 23.2 Å².